The topological polar surface area (TPSA) is 68.0 Å². The number of pyridine rings is 1. The van der Waals surface area contributed by atoms with Crippen LogP contribution in [0.15, 0.2) is 42.7 Å². The number of nitrogens with one attached hydrogen (secondary N) is 1. The number of aromatic nitrogens is 1. The number of nitrogens with two attached hydrogens (primary N) is 1. The molecule has 0 saturated carbocycles. The van der Waals surface area contributed by atoms with Gasteiger partial charge in [0, 0.05) is 18.1 Å². The Labute approximate surface area is 118 Å². The molecule has 1 aromatic carbocycles. The quantitative estimate of drug-likeness (QED) is 0.815. The predicted octanol–water partition coefficient (Wildman–Crippen LogP) is 1.95. The lowest BCUT2D eigenvalue weighted by atomic mass is 10.1. The number of carbonyl (C=O) groups excluding carboxylic acids is 1. The number of carbonyl (C=O) groups is 1. The third kappa shape index (κ3) is 3.22. The van der Waals surface area contributed by atoms with Gasteiger partial charge in [-0.05, 0) is 24.6 Å². The van der Waals surface area contributed by atoms with Gasteiger partial charge in [-0.1, -0.05) is 30.0 Å². The van der Waals surface area contributed by atoms with Gasteiger partial charge in [0.15, 0.2) is 0 Å². The number of hydrogen-bond acceptors (Lipinski definition) is 3. The van der Waals surface area contributed by atoms with E-state index in [0.29, 0.717) is 11.1 Å². The van der Waals surface area contributed by atoms with Gasteiger partial charge < -0.3 is 11.1 Å². The molecular weight excluding hydrogens is 250 g/mol. The number of amides is 1. The molecule has 100 valence electrons. The lowest BCUT2D eigenvalue weighted by Gasteiger charge is -2.09. The Balaban J connectivity index is 2.28. The second-order valence-electron chi connectivity index (χ2n) is 4.20. The zero-order valence-electron chi connectivity index (χ0n) is 11.2. The number of anilines is 1. The second kappa shape index (κ2) is 6.50. The molecule has 0 fully saturated rings. The molecule has 0 atom stereocenters. The van der Waals surface area contributed by atoms with Crippen molar-refractivity contribution in [2.75, 3.05) is 11.9 Å². The Hall–Kier alpha value is -2.64. The first-order chi connectivity index (χ1) is 9.72. The summed E-state index contributed by atoms with van der Waals surface area (Å²) >= 11 is 0. The van der Waals surface area contributed by atoms with Crippen LogP contribution in [-0.4, -0.2) is 17.4 Å². The van der Waals surface area contributed by atoms with E-state index in [4.69, 9.17) is 5.73 Å². The molecule has 0 aliphatic rings. The molecule has 1 heterocycles. The number of benzene rings is 1. The van der Waals surface area contributed by atoms with Gasteiger partial charge >= 0.3 is 0 Å². The van der Waals surface area contributed by atoms with Crippen LogP contribution in [0, 0.1) is 18.8 Å². The van der Waals surface area contributed by atoms with Gasteiger partial charge in [0.1, 0.15) is 0 Å². The summed E-state index contributed by atoms with van der Waals surface area (Å²) in [4.78, 5) is 16.3. The summed E-state index contributed by atoms with van der Waals surface area (Å²) in [5, 5.41) is 2.88. The van der Waals surface area contributed by atoms with E-state index in [-0.39, 0.29) is 12.5 Å². The van der Waals surface area contributed by atoms with E-state index in [0.717, 1.165) is 11.3 Å². The first-order valence-electron chi connectivity index (χ1n) is 6.22. The second-order valence-corrected chi connectivity index (χ2v) is 4.20. The molecule has 1 amide bonds. The highest BCUT2D eigenvalue weighted by Crippen LogP contribution is 2.15. The predicted molar refractivity (Wildman–Crippen MR) is 79.3 cm³/mol. The minimum Gasteiger partial charge on any atom is -0.322 e. The normalized spacial score (nSPS) is 9.50. The summed E-state index contributed by atoms with van der Waals surface area (Å²) in [5.41, 5.74) is 8.20. The van der Waals surface area contributed by atoms with E-state index in [1.54, 1.807) is 18.5 Å². The van der Waals surface area contributed by atoms with Crippen molar-refractivity contribution in [3.63, 3.8) is 0 Å². The minimum absolute atomic E-state index is 0.206. The van der Waals surface area contributed by atoms with Crippen LogP contribution in [0.4, 0.5) is 5.69 Å². The molecule has 2 aromatic rings. The van der Waals surface area contributed by atoms with Crippen molar-refractivity contribution in [1.29, 1.82) is 0 Å². The van der Waals surface area contributed by atoms with E-state index in [9.17, 15) is 4.79 Å². The minimum atomic E-state index is -0.206. The number of rotatable bonds is 2. The zero-order chi connectivity index (χ0) is 14.4. The summed E-state index contributed by atoms with van der Waals surface area (Å²) in [6.45, 7) is 2.19. The molecule has 2 rings (SSSR count). The molecule has 4 nitrogen and oxygen atoms in total. The Kier molecular flexibility index (Phi) is 4.48. The Bertz CT molecular complexity index is 683. The van der Waals surface area contributed by atoms with Crippen LogP contribution < -0.4 is 11.1 Å². The van der Waals surface area contributed by atoms with Crippen LogP contribution in [0.5, 0.6) is 0 Å². The molecular formula is C16H15N3O. The Morgan fingerprint density at radius 2 is 2.15 bits per heavy atom. The lowest BCUT2D eigenvalue weighted by molar-refractivity contribution is 0.102. The highest BCUT2D eigenvalue weighted by Gasteiger charge is 2.11. The van der Waals surface area contributed by atoms with Crippen LogP contribution in [0.1, 0.15) is 21.5 Å². The first-order valence-corrected chi connectivity index (χ1v) is 6.22. The molecule has 20 heavy (non-hydrogen) atoms. The summed E-state index contributed by atoms with van der Waals surface area (Å²) in [6, 6.07) is 9.25. The van der Waals surface area contributed by atoms with Crippen molar-refractivity contribution in [3.05, 3.63) is 59.4 Å². The maximum atomic E-state index is 12.3. The molecule has 0 spiro atoms. The molecule has 1 aromatic heterocycles. The molecule has 0 radical (unpaired) electrons. The average molecular weight is 265 g/mol. The van der Waals surface area contributed by atoms with Crippen LogP contribution in [0.3, 0.4) is 0 Å². The highest BCUT2D eigenvalue weighted by molar-refractivity contribution is 6.06. The summed E-state index contributed by atoms with van der Waals surface area (Å²) in [6.07, 6.45) is 3.13. The third-order valence-corrected chi connectivity index (χ3v) is 2.78. The number of para-hydroxylation sites is 1. The van der Waals surface area contributed by atoms with Crippen molar-refractivity contribution < 1.29 is 4.79 Å². The Morgan fingerprint density at radius 3 is 2.90 bits per heavy atom. The van der Waals surface area contributed by atoms with E-state index in [1.807, 2.05) is 31.2 Å². The van der Waals surface area contributed by atoms with Crippen molar-refractivity contribution >= 4 is 11.6 Å². The van der Waals surface area contributed by atoms with Crippen LogP contribution in [-0.2, 0) is 0 Å². The monoisotopic (exact) mass is 265 g/mol. The van der Waals surface area contributed by atoms with E-state index in [2.05, 4.69) is 22.1 Å². The van der Waals surface area contributed by atoms with Crippen molar-refractivity contribution in [2.45, 2.75) is 6.92 Å². The lowest BCUT2D eigenvalue weighted by Crippen LogP contribution is -2.14. The fourth-order valence-corrected chi connectivity index (χ4v) is 1.74. The average Bonchev–Trinajstić information content (AvgIpc) is 2.47. The molecule has 4 heteroatoms. The Morgan fingerprint density at radius 1 is 1.35 bits per heavy atom. The third-order valence-electron chi connectivity index (χ3n) is 2.78. The smallest absolute Gasteiger partial charge is 0.257 e. The maximum absolute atomic E-state index is 12.3. The van der Waals surface area contributed by atoms with Gasteiger partial charge in [0.25, 0.3) is 5.91 Å². The number of aryl methyl sites for hydroxylation is 1. The fourth-order valence-electron chi connectivity index (χ4n) is 1.74. The van der Waals surface area contributed by atoms with Gasteiger partial charge in [-0.15, -0.1) is 0 Å². The molecule has 3 N–H and O–H groups in total. The van der Waals surface area contributed by atoms with Gasteiger partial charge in [0.05, 0.1) is 17.7 Å². The van der Waals surface area contributed by atoms with Crippen molar-refractivity contribution in [2.24, 2.45) is 5.73 Å². The van der Waals surface area contributed by atoms with Crippen LogP contribution >= 0.6 is 0 Å². The molecule has 0 saturated heterocycles. The van der Waals surface area contributed by atoms with E-state index >= 15 is 0 Å². The molecule has 0 unspecified atom stereocenters. The van der Waals surface area contributed by atoms with Crippen molar-refractivity contribution in [3.8, 4) is 11.8 Å². The first kappa shape index (κ1) is 13.8. The molecule has 0 aliphatic carbocycles. The largest absolute Gasteiger partial charge is 0.322 e. The highest BCUT2D eigenvalue weighted by atomic mass is 16.1. The van der Waals surface area contributed by atoms with E-state index in [1.165, 1.54) is 0 Å². The SMILES string of the molecule is Cc1ccccc1NC(=O)c1ccncc1C#CCN. The van der Waals surface area contributed by atoms with Crippen molar-refractivity contribution in [1.82, 2.24) is 4.98 Å². The van der Waals surface area contributed by atoms with Crippen LogP contribution in [0.25, 0.3) is 0 Å². The number of hydrogen-bond donors (Lipinski definition) is 2. The summed E-state index contributed by atoms with van der Waals surface area (Å²) in [7, 11) is 0. The van der Waals surface area contributed by atoms with Crippen LogP contribution in [0.2, 0.25) is 0 Å². The zero-order valence-corrected chi connectivity index (χ0v) is 11.2. The summed E-state index contributed by atoms with van der Waals surface area (Å²) in [5.74, 6) is 5.38. The summed E-state index contributed by atoms with van der Waals surface area (Å²) < 4.78 is 0. The van der Waals surface area contributed by atoms with Gasteiger partial charge in [-0.3, -0.25) is 9.78 Å². The maximum Gasteiger partial charge on any atom is 0.257 e. The fraction of sp³-hybridized carbons (Fsp3) is 0.125. The molecule has 0 aliphatic heterocycles. The number of nitrogens with zero attached hydrogens (tertiary/aromatic N) is 1. The van der Waals surface area contributed by atoms with E-state index < -0.39 is 0 Å². The standard InChI is InChI=1S/C16H15N3O/c1-12-5-2-3-7-15(12)19-16(20)14-8-10-18-11-13(14)6-4-9-17/h2-3,5,7-8,10-11H,9,17H2,1H3,(H,19,20). The van der Waals surface area contributed by atoms with Gasteiger partial charge in [-0.25, -0.2) is 0 Å². The van der Waals surface area contributed by atoms with Gasteiger partial charge in [0.2, 0.25) is 0 Å². The van der Waals surface area contributed by atoms with Gasteiger partial charge in [-0.2, -0.15) is 0 Å². The molecule has 0 bridgehead atoms.